The molecule has 9 nitrogen and oxygen atoms in total. The fourth-order valence-corrected chi connectivity index (χ4v) is 4.84. The first-order chi connectivity index (χ1) is 16.2. The number of thiophene rings is 1. The number of nitrogens with two attached hydrogens (primary N) is 2. The van der Waals surface area contributed by atoms with Gasteiger partial charge in [-0.1, -0.05) is 36.4 Å². The van der Waals surface area contributed by atoms with E-state index in [9.17, 15) is 19.5 Å². The molecule has 1 aliphatic rings. The highest BCUT2D eigenvalue weighted by Gasteiger charge is 2.28. The third-order valence-electron chi connectivity index (χ3n) is 5.52. The van der Waals surface area contributed by atoms with Gasteiger partial charge in [0.15, 0.2) is 0 Å². The predicted octanol–water partition coefficient (Wildman–Crippen LogP) is 2.84. The summed E-state index contributed by atoms with van der Waals surface area (Å²) >= 11 is 1.21. The molecular weight excluding hydrogens is 456 g/mol. The molecule has 10 heteroatoms. The number of primary amides is 2. The molecule has 1 unspecified atom stereocenters. The lowest BCUT2D eigenvalue weighted by Crippen LogP contribution is -2.46. The second-order valence-corrected chi connectivity index (χ2v) is 9.25. The van der Waals surface area contributed by atoms with Crippen molar-refractivity contribution >= 4 is 40.3 Å². The summed E-state index contributed by atoms with van der Waals surface area (Å²) in [7, 11) is 0. The van der Waals surface area contributed by atoms with Crippen LogP contribution in [-0.4, -0.2) is 47.8 Å². The van der Waals surface area contributed by atoms with Crippen molar-refractivity contribution in [2.75, 3.05) is 11.9 Å². The number of esters is 1. The summed E-state index contributed by atoms with van der Waals surface area (Å²) in [6, 6.07) is 7.64. The van der Waals surface area contributed by atoms with Gasteiger partial charge in [0.25, 0.3) is 5.91 Å². The van der Waals surface area contributed by atoms with Crippen molar-refractivity contribution in [3.8, 4) is 10.4 Å². The molecule has 2 atom stereocenters. The summed E-state index contributed by atoms with van der Waals surface area (Å²) in [6.07, 6.45) is 6.73. The molecule has 0 saturated heterocycles. The van der Waals surface area contributed by atoms with Crippen LogP contribution in [0.3, 0.4) is 0 Å². The average Bonchev–Trinajstić information content (AvgIpc) is 3.43. The summed E-state index contributed by atoms with van der Waals surface area (Å²) in [4.78, 5) is 35.9. The second-order valence-electron chi connectivity index (χ2n) is 8.20. The Morgan fingerprint density at radius 3 is 2.47 bits per heavy atom. The lowest BCUT2D eigenvalue weighted by Gasteiger charge is -2.21. The number of hydrogen-bond donors (Lipinski definition) is 5. The van der Waals surface area contributed by atoms with Crippen molar-refractivity contribution in [2.45, 2.75) is 50.9 Å². The van der Waals surface area contributed by atoms with E-state index < -0.39 is 30.1 Å². The van der Waals surface area contributed by atoms with Gasteiger partial charge in [-0.25, -0.2) is 4.79 Å². The topological polar surface area (TPSA) is 157 Å². The van der Waals surface area contributed by atoms with Gasteiger partial charge >= 0.3 is 12.0 Å². The fourth-order valence-electron chi connectivity index (χ4n) is 3.76. The number of nitrogens with one attached hydrogen (secondary N) is 2. The number of benzene rings is 1. The lowest BCUT2D eigenvalue weighted by atomic mass is 10.1. The maximum absolute atomic E-state index is 12.4. The maximum Gasteiger partial charge on any atom is 0.326 e. The Bertz CT molecular complexity index is 1040. The van der Waals surface area contributed by atoms with Crippen LogP contribution in [0.1, 0.15) is 48.5 Å². The molecule has 3 amide bonds. The summed E-state index contributed by atoms with van der Waals surface area (Å²) in [6.45, 7) is 1.95. The molecule has 1 fully saturated rings. The molecule has 0 spiro atoms. The number of aliphatic hydroxyl groups excluding tert-OH is 1. The quantitative estimate of drug-likeness (QED) is 0.325. The van der Waals surface area contributed by atoms with Crippen molar-refractivity contribution in [1.82, 2.24) is 5.32 Å². The normalized spacial score (nSPS) is 15.8. The third-order valence-corrected chi connectivity index (χ3v) is 6.62. The zero-order chi connectivity index (χ0) is 24.7. The number of rotatable bonds is 10. The maximum atomic E-state index is 12.4. The van der Waals surface area contributed by atoms with Crippen LogP contribution in [0, 0.1) is 0 Å². The van der Waals surface area contributed by atoms with Crippen LogP contribution >= 0.6 is 11.3 Å². The molecule has 1 heterocycles. The second kappa shape index (κ2) is 11.8. The molecule has 0 radical (unpaired) electrons. The number of urea groups is 1. The zero-order valence-electron chi connectivity index (χ0n) is 19.0. The molecule has 1 saturated carbocycles. The highest BCUT2D eigenvalue weighted by molar-refractivity contribution is 7.20. The highest BCUT2D eigenvalue weighted by Crippen LogP contribution is 2.35. The standard InChI is InChI=1S/C24H30N4O5S/c1-14(29)20(23(31)33-17-6-2-3-7-17)27-12-4-5-15-8-10-16(11-9-15)19-13-18(21(25)30)22(34-19)28-24(26)32/h4-5,8-11,13-14,17,20,27,29H,2-3,6-7,12H2,1H3,(H2,25,30)(H3,26,28,32)/b5-4+/t14?,20-/m0/s1. The Hall–Kier alpha value is -3.21. The molecule has 2 aromatic rings. The van der Waals surface area contributed by atoms with Crippen molar-refractivity contribution in [3.63, 3.8) is 0 Å². The van der Waals surface area contributed by atoms with Gasteiger partial charge in [0.05, 0.1) is 11.7 Å². The van der Waals surface area contributed by atoms with E-state index in [2.05, 4.69) is 10.6 Å². The number of carbonyl (C=O) groups is 3. The first-order valence-corrected chi connectivity index (χ1v) is 11.9. The van der Waals surface area contributed by atoms with Gasteiger partial charge in [-0.2, -0.15) is 0 Å². The van der Waals surface area contributed by atoms with Crippen LogP contribution in [0.5, 0.6) is 0 Å². The molecule has 1 aromatic carbocycles. The van der Waals surface area contributed by atoms with E-state index in [4.69, 9.17) is 16.2 Å². The average molecular weight is 487 g/mol. The number of amides is 3. The summed E-state index contributed by atoms with van der Waals surface area (Å²) in [5.74, 6) is -1.07. The van der Waals surface area contributed by atoms with Crippen molar-refractivity contribution in [2.24, 2.45) is 11.5 Å². The molecular formula is C24H30N4O5S. The lowest BCUT2D eigenvalue weighted by molar-refractivity contribution is -0.154. The Morgan fingerprint density at radius 1 is 1.21 bits per heavy atom. The number of carbonyl (C=O) groups excluding carboxylic acids is 3. The van der Waals surface area contributed by atoms with E-state index in [0.29, 0.717) is 11.5 Å². The van der Waals surface area contributed by atoms with Crippen LogP contribution in [0.4, 0.5) is 9.80 Å². The van der Waals surface area contributed by atoms with Crippen LogP contribution in [0.15, 0.2) is 36.4 Å². The van der Waals surface area contributed by atoms with Gasteiger partial charge in [-0.15, -0.1) is 11.3 Å². The monoisotopic (exact) mass is 486 g/mol. The number of aliphatic hydroxyl groups is 1. The van der Waals surface area contributed by atoms with Gasteiger partial charge in [0.1, 0.15) is 17.1 Å². The van der Waals surface area contributed by atoms with Crippen LogP contribution in [0.25, 0.3) is 16.5 Å². The molecule has 1 aliphatic carbocycles. The number of ether oxygens (including phenoxy) is 1. The van der Waals surface area contributed by atoms with Crippen LogP contribution < -0.4 is 22.1 Å². The van der Waals surface area contributed by atoms with E-state index in [1.807, 2.05) is 36.4 Å². The number of hydrogen-bond acceptors (Lipinski definition) is 7. The van der Waals surface area contributed by atoms with E-state index in [0.717, 1.165) is 41.7 Å². The summed E-state index contributed by atoms with van der Waals surface area (Å²) < 4.78 is 5.51. The largest absolute Gasteiger partial charge is 0.461 e. The van der Waals surface area contributed by atoms with Gasteiger partial charge in [0.2, 0.25) is 0 Å². The molecule has 34 heavy (non-hydrogen) atoms. The predicted molar refractivity (Wildman–Crippen MR) is 132 cm³/mol. The van der Waals surface area contributed by atoms with Gasteiger partial charge < -0.3 is 21.3 Å². The smallest absolute Gasteiger partial charge is 0.326 e. The minimum atomic E-state index is -0.869. The SMILES string of the molecule is CC(O)[C@H](NC/C=C/c1ccc(-c2cc(C(N)=O)c(NC(N)=O)s2)cc1)C(=O)OC1CCCC1. The molecule has 182 valence electrons. The van der Waals surface area contributed by atoms with E-state index in [1.165, 1.54) is 11.3 Å². The van der Waals surface area contributed by atoms with Crippen LogP contribution in [0.2, 0.25) is 0 Å². The fraction of sp³-hybridized carbons (Fsp3) is 0.375. The minimum absolute atomic E-state index is 0.0466. The Labute approximate surface area is 202 Å². The highest BCUT2D eigenvalue weighted by atomic mass is 32.1. The Balaban J connectivity index is 1.58. The molecule has 0 bridgehead atoms. The van der Waals surface area contributed by atoms with E-state index in [1.54, 1.807) is 13.0 Å². The Kier molecular flexibility index (Phi) is 8.80. The molecule has 7 N–H and O–H groups in total. The molecule has 1 aromatic heterocycles. The summed E-state index contributed by atoms with van der Waals surface area (Å²) in [5, 5.41) is 15.7. The van der Waals surface area contributed by atoms with Gasteiger partial charge in [-0.3, -0.25) is 20.2 Å². The Morgan fingerprint density at radius 2 is 1.88 bits per heavy atom. The summed E-state index contributed by atoms with van der Waals surface area (Å²) in [5.41, 5.74) is 12.5. The number of anilines is 1. The van der Waals surface area contributed by atoms with E-state index >= 15 is 0 Å². The van der Waals surface area contributed by atoms with Crippen molar-refractivity contribution in [1.29, 1.82) is 0 Å². The minimum Gasteiger partial charge on any atom is -0.461 e. The first-order valence-electron chi connectivity index (χ1n) is 11.1. The third kappa shape index (κ3) is 6.89. The molecule has 3 rings (SSSR count). The zero-order valence-corrected chi connectivity index (χ0v) is 19.8. The van der Waals surface area contributed by atoms with Gasteiger partial charge in [0, 0.05) is 11.4 Å². The molecule has 0 aliphatic heterocycles. The van der Waals surface area contributed by atoms with Crippen molar-refractivity contribution < 1.29 is 24.2 Å². The van der Waals surface area contributed by atoms with E-state index in [-0.39, 0.29) is 11.7 Å². The van der Waals surface area contributed by atoms with Crippen LogP contribution in [-0.2, 0) is 9.53 Å². The first kappa shape index (κ1) is 25.4. The van der Waals surface area contributed by atoms with Gasteiger partial charge in [-0.05, 0) is 49.8 Å². The van der Waals surface area contributed by atoms with Crippen molar-refractivity contribution in [3.05, 3.63) is 47.5 Å².